The van der Waals surface area contributed by atoms with Gasteiger partial charge < -0.3 is 4.74 Å². The summed E-state index contributed by atoms with van der Waals surface area (Å²) in [5.74, 6) is -8.22. The number of ether oxygens (including phenoxy) is 1. The van der Waals surface area contributed by atoms with Crippen molar-refractivity contribution in [3.63, 3.8) is 0 Å². The Morgan fingerprint density at radius 2 is 1.74 bits per heavy atom. The molecule has 144 valence electrons. The monoisotopic (exact) mass is 401 g/mol. The topological polar surface area (TPSA) is 50.1 Å². The Balaban J connectivity index is 2.19. The summed E-state index contributed by atoms with van der Waals surface area (Å²) in [6, 6.07) is 1.72. The molecule has 0 heterocycles. The zero-order valence-corrected chi connectivity index (χ0v) is 15.3. The van der Waals surface area contributed by atoms with Gasteiger partial charge in [-0.1, -0.05) is 37.6 Å². The summed E-state index contributed by atoms with van der Waals surface area (Å²) < 4.78 is 60.9. The Kier molecular flexibility index (Phi) is 6.01. The Morgan fingerprint density at radius 1 is 1.22 bits per heavy atom. The van der Waals surface area contributed by atoms with Crippen molar-refractivity contribution >= 4 is 17.6 Å². The number of allylic oxidation sites excluding steroid dienone is 3. The van der Waals surface area contributed by atoms with Crippen LogP contribution in [-0.4, -0.2) is 5.97 Å². The van der Waals surface area contributed by atoms with Crippen molar-refractivity contribution in [2.75, 3.05) is 0 Å². The van der Waals surface area contributed by atoms with Gasteiger partial charge in [0.1, 0.15) is 17.7 Å². The zero-order valence-electron chi connectivity index (χ0n) is 14.6. The van der Waals surface area contributed by atoms with Crippen molar-refractivity contribution in [3.8, 4) is 6.07 Å². The van der Waals surface area contributed by atoms with Crippen LogP contribution in [0.25, 0.3) is 0 Å². The Bertz CT molecular complexity index is 844. The fourth-order valence-electron chi connectivity index (χ4n) is 3.04. The summed E-state index contributed by atoms with van der Waals surface area (Å²) in [7, 11) is 0. The predicted octanol–water partition coefficient (Wildman–Crippen LogP) is 4.93. The Labute approximate surface area is 158 Å². The van der Waals surface area contributed by atoms with Crippen LogP contribution in [0, 0.1) is 51.9 Å². The number of hydrogen-bond donors (Lipinski definition) is 0. The maximum Gasteiger partial charge on any atom is 0.310 e. The highest BCUT2D eigenvalue weighted by Gasteiger charge is 2.61. The molecule has 1 aliphatic rings. The number of carbonyl (C=O) groups is 1. The third-order valence-electron chi connectivity index (χ3n) is 4.75. The summed E-state index contributed by atoms with van der Waals surface area (Å²) in [5, 5.41) is 8.61. The minimum Gasteiger partial charge on any atom is -0.460 e. The van der Waals surface area contributed by atoms with Crippen LogP contribution in [0.15, 0.2) is 23.8 Å². The third kappa shape index (κ3) is 3.86. The first-order valence-electron chi connectivity index (χ1n) is 7.96. The number of nitrogens with zero attached hydrogens (tertiary/aromatic N) is 1. The lowest BCUT2D eigenvalue weighted by molar-refractivity contribution is -0.147. The molecule has 2 unspecified atom stereocenters. The molecule has 0 N–H and O–H groups in total. The van der Waals surface area contributed by atoms with Crippen molar-refractivity contribution < 1.29 is 27.1 Å². The lowest BCUT2D eigenvalue weighted by Gasteiger charge is -2.12. The van der Waals surface area contributed by atoms with Gasteiger partial charge >= 0.3 is 5.97 Å². The molecule has 0 bridgehead atoms. The van der Waals surface area contributed by atoms with E-state index in [2.05, 4.69) is 6.58 Å². The van der Waals surface area contributed by atoms with Gasteiger partial charge in [0.15, 0.2) is 23.3 Å². The number of benzene rings is 1. The van der Waals surface area contributed by atoms with Crippen LogP contribution in [0.2, 0.25) is 0 Å². The molecular weight excluding hydrogens is 386 g/mol. The summed E-state index contributed by atoms with van der Waals surface area (Å²) in [6.07, 6.45) is 2.11. The van der Waals surface area contributed by atoms with E-state index < -0.39 is 70.6 Å². The zero-order chi connectivity index (χ0) is 20.5. The summed E-state index contributed by atoms with van der Waals surface area (Å²) >= 11 is 5.65. The molecular formula is C19H16ClF4NO2. The van der Waals surface area contributed by atoms with E-state index in [0.29, 0.717) is 0 Å². The maximum atomic E-state index is 14.1. The molecule has 1 saturated carbocycles. The average molecular weight is 402 g/mol. The van der Waals surface area contributed by atoms with E-state index in [1.807, 2.05) is 0 Å². The van der Waals surface area contributed by atoms with Crippen LogP contribution >= 0.6 is 11.6 Å². The molecule has 0 aliphatic heterocycles. The summed E-state index contributed by atoms with van der Waals surface area (Å²) in [6.45, 7) is 5.76. The van der Waals surface area contributed by atoms with Gasteiger partial charge in [-0.2, -0.15) is 5.26 Å². The molecule has 3 nitrogen and oxygen atoms in total. The minimum atomic E-state index is -1.61. The molecule has 8 heteroatoms. The Hall–Kier alpha value is -2.33. The minimum absolute atomic E-state index is 0.0950. The van der Waals surface area contributed by atoms with Crippen LogP contribution in [0.1, 0.15) is 25.0 Å². The van der Waals surface area contributed by atoms with Gasteiger partial charge in [-0.05, 0) is 17.8 Å². The molecule has 1 aromatic carbocycles. The second-order valence-corrected chi connectivity index (χ2v) is 7.17. The van der Waals surface area contributed by atoms with E-state index in [4.69, 9.17) is 21.6 Å². The average Bonchev–Trinajstić information content (AvgIpc) is 3.16. The van der Waals surface area contributed by atoms with Crippen molar-refractivity contribution in [3.05, 3.63) is 58.2 Å². The fourth-order valence-corrected chi connectivity index (χ4v) is 3.18. The summed E-state index contributed by atoms with van der Waals surface area (Å²) in [4.78, 5) is 12.2. The van der Waals surface area contributed by atoms with Gasteiger partial charge in [0.2, 0.25) is 0 Å². The number of hydrogen-bond acceptors (Lipinski definition) is 3. The van der Waals surface area contributed by atoms with E-state index >= 15 is 0 Å². The highest BCUT2D eigenvalue weighted by atomic mass is 35.5. The molecule has 0 aromatic heterocycles. The van der Waals surface area contributed by atoms with Gasteiger partial charge in [0, 0.05) is 5.56 Å². The highest BCUT2D eigenvalue weighted by molar-refractivity contribution is 6.31. The molecule has 0 spiro atoms. The van der Waals surface area contributed by atoms with E-state index in [1.165, 1.54) is 6.08 Å². The molecule has 0 radical (unpaired) electrons. The molecule has 1 aliphatic carbocycles. The highest BCUT2D eigenvalue weighted by Crippen LogP contribution is 2.60. The SMILES string of the molecule is C=CCc1c(F)c(F)c(COC(=O)C2C(C=C(Cl)C#N)C2(C)C)c(F)c1F. The quantitative estimate of drug-likeness (QED) is 0.223. The first-order chi connectivity index (χ1) is 12.6. The van der Waals surface area contributed by atoms with E-state index in [-0.39, 0.29) is 5.03 Å². The molecule has 1 fully saturated rings. The molecule has 27 heavy (non-hydrogen) atoms. The van der Waals surface area contributed by atoms with Crippen molar-refractivity contribution in [1.82, 2.24) is 0 Å². The first kappa shape index (κ1) is 21.0. The van der Waals surface area contributed by atoms with Crippen LogP contribution < -0.4 is 0 Å². The number of esters is 1. The molecule has 0 amide bonds. The van der Waals surface area contributed by atoms with Crippen molar-refractivity contribution in [2.45, 2.75) is 26.9 Å². The molecule has 2 rings (SSSR count). The Morgan fingerprint density at radius 3 is 2.22 bits per heavy atom. The van der Waals surface area contributed by atoms with Gasteiger partial charge in [-0.3, -0.25) is 4.79 Å². The third-order valence-corrected chi connectivity index (χ3v) is 4.96. The lowest BCUT2D eigenvalue weighted by atomic mass is 10.1. The normalized spacial score (nSPS) is 20.7. The maximum absolute atomic E-state index is 14.1. The second kappa shape index (κ2) is 7.73. The lowest BCUT2D eigenvalue weighted by Crippen LogP contribution is -2.14. The van der Waals surface area contributed by atoms with Crippen molar-refractivity contribution in [2.24, 2.45) is 17.3 Å². The smallest absolute Gasteiger partial charge is 0.310 e. The number of carbonyl (C=O) groups excluding carboxylic acids is 1. The van der Waals surface area contributed by atoms with E-state index in [0.717, 1.165) is 6.08 Å². The van der Waals surface area contributed by atoms with Gasteiger partial charge in [0.05, 0.1) is 11.5 Å². The van der Waals surface area contributed by atoms with Gasteiger partial charge in [-0.15, -0.1) is 6.58 Å². The van der Waals surface area contributed by atoms with Crippen LogP contribution in [0.5, 0.6) is 0 Å². The van der Waals surface area contributed by atoms with E-state index in [9.17, 15) is 22.4 Å². The first-order valence-corrected chi connectivity index (χ1v) is 8.34. The van der Waals surface area contributed by atoms with Crippen LogP contribution in [0.4, 0.5) is 17.6 Å². The molecule has 1 aromatic rings. The molecule has 2 atom stereocenters. The van der Waals surface area contributed by atoms with Gasteiger partial charge in [-0.25, -0.2) is 17.6 Å². The molecule has 0 saturated heterocycles. The second-order valence-electron chi connectivity index (χ2n) is 6.76. The standard InChI is InChI=1S/C19H16ClF4NO2/c1-4-5-10-14(21)16(23)11(17(24)15(10)22)8-27-18(26)13-12(19(13,2)3)6-9(20)7-25/h4,6,12-13H,1,5,8H2,2-3H3. The van der Waals surface area contributed by atoms with Crippen LogP contribution in [-0.2, 0) is 22.6 Å². The van der Waals surface area contributed by atoms with Gasteiger partial charge in [0.25, 0.3) is 0 Å². The number of halogens is 5. The fraction of sp³-hybridized carbons (Fsp3) is 0.368. The summed E-state index contributed by atoms with van der Waals surface area (Å²) in [5.41, 5.74) is -2.36. The largest absolute Gasteiger partial charge is 0.460 e. The predicted molar refractivity (Wildman–Crippen MR) is 90.3 cm³/mol. The number of rotatable bonds is 6. The van der Waals surface area contributed by atoms with E-state index in [1.54, 1.807) is 19.9 Å². The number of nitriles is 1. The van der Waals surface area contributed by atoms with Crippen LogP contribution in [0.3, 0.4) is 0 Å². The van der Waals surface area contributed by atoms with Crippen molar-refractivity contribution in [1.29, 1.82) is 5.26 Å².